The van der Waals surface area contributed by atoms with Crippen molar-refractivity contribution in [2.45, 2.75) is 12.8 Å². The minimum absolute atomic E-state index is 0.264. The van der Waals surface area contributed by atoms with E-state index in [1.54, 1.807) is 11.3 Å². The minimum Gasteiger partial charge on any atom is -0.282 e. The van der Waals surface area contributed by atoms with E-state index in [4.69, 9.17) is 4.99 Å². The zero-order valence-corrected chi connectivity index (χ0v) is 26.5. The third-order valence-corrected chi connectivity index (χ3v) is 10.5. The van der Waals surface area contributed by atoms with Crippen molar-refractivity contribution in [3.63, 3.8) is 0 Å². The van der Waals surface area contributed by atoms with Crippen LogP contribution in [0.4, 0.5) is 0 Å². The summed E-state index contributed by atoms with van der Waals surface area (Å²) in [4.78, 5) is 5.23. The summed E-state index contributed by atoms with van der Waals surface area (Å²) in [5.41, 5.74) is 6.05. The molecular formula is C44H30N2S. The summed E-state index contributed by atoms with van der Waals surface area (Å²) in [5.74, 6) is 0.264. The number of nitrogens with zero attached hydrogens (tertiary/aromatic N) is 1. The molecule has 0 spiro atoms. The van der Waals surface area contributed by atoms with Crippen LogP contribution in [-0.2, 0) is 0 Å². The molecule has 3 heteroatoms. The predicted octanol–water partition coefficient (Wildman–Crippen LogP) is 12.1. The van der Waals surface area contributed by atoms with Gasteiger partial charge >= 0.3 is 0 Å². The predicted molar refractivity (Wildman–Crippen MR) is 204 cm³/mol. The summed E-state index contributed by atoms with van der Waals surface area (Å²) < 4.78 is 2.40. The lowest BCUT2D eigenvalue weighted by atomic mass is 9.90. The second kappa shape index (κ2) is 11.3. The Morgan fingerprint density at radius 1 is 0.553 bits per heavy atom. The Balaban J connectivity index is 1.29. The Morgan fingerprint density at radius 3 is 1.94 bits per heavy atom. The van der Waals surface area contributed by atoms with Gasteiger partial charge in [-0.15, -0.1) is 11.3 Å². The van der Waals surface area contributed by atoms with Gasteiger partial charge in [-0.3, -0.25) is 5.41 Å². The lowest BCUT2D eigenvalue weighted by molar-refractivity contribution is 1.04. The van der Waals surface area contributed by atoms with Crippen molar-refractivity contribution < 1.29 is 0 Å². The van der Waals surface area contributed by atoms with Crippen molar-refractivity contribution in [2.75, 3.05) is 0 Å². The summed E-state index contributed by atoms with van der Waals surface area (Å²) >= 11 is 1.77. The molecule has 9 rings (SSSR count). The van der Waals surface area contributed by atoms with Gasteiger partial charge in [0.25, 0.3) is 0 Å². The molecule has 222 valence electrons. The van der Waals surface area contributed by atoms with Gasteiger partial charge < -0.3 is 0 Å². The normalized spacial score (nSPS) is 13.6. The third kappa shape index (κ3) is 4.70. The first kappa shape index (κ1) is 27.7. The van der Waals surface area contributed by atoms with E-state index in [9.17, 15) is 5.41 Å². The third-order valence-electron chi connectivity index (χ3n) is 9.36. The topological polar surface area (TPSA) is 36.2 Å². The monoisotopic (exact) mass is 618 g/mol. The Hall–Kier alpha value is -5.64. The fraction of sp³-hybridized carbons (Fsp3) is 0.0455. The van der Waals surface area contributed by atoms with Crippen LogP contribution in [0.5, 0.6) is 0 Å². The van der Waals surface area contributed by atoms with Crippen molar-refractivity contribution in [3.8, 4) is 0 Å². The Labute approximate surface area is 277 Å². The summed E-state index contributed by atoms with van der Waals surface area (Å²) in [7, 11) is 0. The van der Waals surface area contributed by atoms with Crippen LogP contribution in [0, 0.1) is 5.41 Å². The van der Waals surface area contributed by atoms with Gasteiger partial charge in [-0.1, -0.05) is 127 Å². The number of aliphatic imine (C=N–C) groups is 1. The molecule has 0 amide bonds. The quantitative estimate of drug-likeness (QED) is 0.116. The largest absolute Gasteiger partial charge is 0.282 e. The number of rotatable bonds is 4. The number of fused-ring (bicyclic) bond motifs is 9. The smallest absolute Gasteiger partial charge is 0.153 e. The van der Waals surface area contributed by atoms with E-state index >= 15 is 0 Å². The molecule has 2 nitrogen and oxygen atoms in total. The molecule has 7 aromatic carbocycles. The van der Waals surface area contributed by atoms with Crippen molar-refractivity contribution in [1.29, 1.82) is 5.41 Å². The molecule has 0 bridgehead atoms. The van der Waals surface area contributed by atoms with Crippen molar-refractivity contribution in [1.82, 2.24) is 0 Å². The maximum Gasteiger partial charge on any atom is 0.153 e. The zero-order chi connectivity index (χ0) is 31.3. The molecule has 0 saturated heterocycles. The van der Waals surface area contributed by atoms with Crippen LogP contribution in [-0.4, -0.2) is 11.5 Å². The highest BCUT2D eigenvalue weighted by molar-refractivity contribution is 7.25. The van der Waals surface area contributed by atoms with E-state index in [0.29, 0.717) is 0 Å². The molecule has 0 fully saturated rings. The summed E-state index contributed by atoms with van der Waals surface area (Å²) in [5, 5.41) is 19.2. The molecule has 8 aromatic rings. The second-order valence-electron chi connectivity index (χ2n) is 12.2. The summed E-state index contributed by atoms with van der Waals surface area (Å²) in [6.45, 7) is 0. The van der Waals surface area contributed by atoms with Crippen molar-refractivity contribution >= 4 is 80.9 Å². The van der Waals surface area contributed by atoms with E-state index in [1.807, 2.05) is 12.1 Å². The molecule has 1 aliphatic rings. The average molecular weight is 619 g/mol. The van der Waals surface area contributed by atoms with Gasteiger partial charge in [0, 0.05) is 36.9 Å². The van der Waals surface area contributed by atoms with Gasteiger partial charge in [0.2, 0.25) is 0 Å². The Morgan fingerprint density at radius 2 is 1.19 bits per heavy atom. The fourth-order valence-corrected chi connectivity index (χ4v) is 8.30. The lowest BCUT2D eigenvalue weighted by Gasteiger charge is -2.15. The van der Waals surface area contributed by atoms with Crippen LogP contribution < -0.4 is 0 Å². The summed E-state index contributed by atoms with van der Waals surface area (Å²) in [6.07, 6.45) is 8.91. The molecule has 0 saturated carbocycles. The Kier molecular flexibility index (Phi) is 6.65. The lowest BCUT2D eigenvalue weighted by Crippen LogP contribution is -2.09. The van der Waals surface area contributed by atoms with Crippen LogP contribution in [0.2, 0.25) is 0 Å². The molecule has 0 atom stereocenters. The van der Waals surface area contributed by atoms with E-state index in [0.717, 1.165) is 40.6 Å². The van der Waals surface area contributed by atoms with Crippen LogP contribution >= 0.6 is 11.3 Å². The maximum absolute atomic E-state index is 9.50. The summed E-state index contributed by atoms with van der Waals surface area (Å²) in [6, 6.07) is 47.4. The molecule has 0 aliphatic heterocycles. The second-order valence-corrected chi connectivity index (χ2v) is 13.2. The van der Waals surface area contributed by atoms with E-state index < -0.39 is 0 Å². The molecule has 1 aromatic heterocycles. The Bertz CT molecular complexity index is 2620. The maximum atomic E-state index is 9.50. The number of amidine groups is 1. The number of hydrogen-bond acceptors (Lipinski definition) is 2. The first-order valence-corrected chi connectivity index (χ1v) is 16.9. The number of allylic oxidation sites excluding steroid dienone is 4. The number of nitrogens with one attached hydrogen (secondary N) is 1. The van der Waals surface area contributed by atoms with Gasteiger partial charge in [-0.25, -0.2) is 4.99 Å². The number of benzene rings is 7. The zero-order valence-electron chi connectivity index (χ0n) is 25.7. The number of thiophene rings is 1. The van der Waals surface area contributed by atoms with E-state index in [2.05, 4.69) is 140 Å². The SMILES string of the molecule is N=C(N=C(c1cccc(C2=CCCC=C2)c1)c1ccc2c3ccccc3c3ccccc3c2c1)c1cccc2sc3ccccc3c12. The standard InChI is InChI=1S/C44H30N2S/c45-44(38-21-11-23-41-42(38)37-20-8-9-22-40(37)47-41)46-43(30-15-10-14-29(26-30)28-12-2-1-3-13-28)31-24-25-36-34-18-5-4-16-32(34)33-17-6-7-19-35(33)39(36)27-31/h2,4-27,45H,1,3H2. The average Bonchev–Trinajstić information content (AvgIpc) is 3.53. The molecular weight excluding hydrogens is 589 g/mol. The van der Waals surface area contributed by atoms with Gasteiger partial charge in [-0.2, -0.15) is 0 Å². The van der Waals surface area contributed by atoms with Crippen LogP contribution in [0.1, 0.15) is 35.1 Å². The first-order chi connectivity index (χ1) is 23.2. The van der Waals surface area contributed by atoms with Gasteiger partial charge in [0.15, 0.2) is 5.84 Å². The van der Waals surface area contributed by atoms with E-state index in [-0.39, 0.29) is 5.84 Å². The van der Waals surface area contributed by atoms with Crippen molar-refractivity contribution in [3.05, 3.63) is 174 Å². The van der Waals surface area contributed by atoms with Gasteiger partial charge in [-0.05, 0) is 80.6 Å². The highest BCUT2D eigenvalue weighted by Gasteiger charge is 2.17. The van der Waals surface area contributed by atoms with Crippen LogP contribution in [0.25, 0.3) is 58.1 Å². The molecule has 0 unspecified atom stereocenters. The highest BCUT2D eigenvalue weighted by Crippen LogP contribution is 2.38. The van der Waals surface area contributed by atoms with Crippen LogP contribution in [0.15, 0.2) is 157 Å². The van der Waals surface area contributed by atoms with E-state index in [1.165, 1.54) is 58.2 Å². The van der Waals surface area contributed by atoms with Gasteiger partial charge in [0.1, 0.15) is 0 Å². The van der Waals surface area contributed by atoms with Gasteiger partial charge in [0.05, 0.1) is 5.71 Å². The molecule has 0 radical (unpaired) electrons. The molecule has 1 N–H and O–H groups in total. The number of hydrogen-bond donors (Lipinski definition) is 1. The molecule has 1 aliphatic carbocycles. The fourth-order valence-electron chi connectivity index (χ4n) is 7.17. The highest BCUT2D eigenvalue weighted by atomic mass is 32.1. The van der Waals surface area contributed by atoms with Crippen LogP contribution in [0.3, 0.4) is 0 Å². The molecule has 47 heavy (non-hydrogen) atoms. The minimum atomic E-state index is 0.264. The first-order valence-electron chi connectivity index (χ1n) is 16.1. The molecule has 1 heterocycles. The van der Waals surface area contributed by atoms with Crippen molar-refractivity contribution in [2.24, 2.45) is 4.99 Å².